The smallest absolute Gasteiger partial charge is 0.258 e. The molecule has 0 saturated carbocycles. The average Bonchev–Trinajstić information content (AvgIpc) is 3.37. The fraction of sp³-hybridized carbons (Fsp3) is 0.286. The van der Waals surface area contributed by atoms with Crippen LogP contribution in [0.25, 0.3) is 11.5 Å². The highest BCUT2D eigenvalue weighted by molar-refractivity contribution is 6.31. The van der Waals surface area contributed by atoms with Crippen molar-refractivity contribution >= 4 is 17.5 Å². The predicted molar refractivity (Wildman–Crippen MR) is 107 cm³/mol. The maximum absolute atomic E-state index is 13.2. The van der Waals surface area contributed by atoms with Crippen LogP contribution in [0.1, 0.15) is 23.7 Å². The fourth-order valence-electron chi connectivity index (χ4n) is 3.44. The van der Waals surface area contributed by atoms with Gasteiger partial charge in [-0.1, -0.05) is 22.8 Å². The van der Waals surface area contributed by atoms with Gasteiger partial charge in [0.15, 0.2) is 17.3 Å². The first-order chi connectivity index (χ1) is 14.5. The van der Waals surface area contributed by atoms with Crippen LogP contribution in [0, 0.1) is 5.82 Å². The predicted octanol–water partition coefficient (Wildman–Crippen LogP) is 4.06. The summed E-state index contributed by atoms with van der Waals surface area (Å²) >= 11 is 6.09. The Kier molecular flexibility index (Phi) is 5.59. The van der Waals surface area contributed by atoms with E-state index in [1.165, 1.54) is 12.1 Å². The normalized spacial score (nSPS) is 16.2. The van der Waals surface area contributed by atoms with Gasteiger partial charge < -0.3 is 18.9 Å². The van der Waals surface area contributed by atoms with Crippen LogP contribution >= 0.6 is 11.6 Å². The van der Waals surface area contributed by atoms with Crippen LogP contribution in [0.2, 0.25) is 5.02 Å². The highest BCUT2D eigenvalue weighted by Gasteiger charge is 2.34. The molecule has 1 aliphatic heterocycles. The molecule has 1 saturated heterocycles. The van der Waals surface area contributed by atoms with Gasteiger partial charge in [-0.2, -0.15) is 4.98 Å². The molecule has 0 bridgehead atoms. The van der Waals surface area contributed by atoms with E-state index in [4.69, 9.17) is 25.6 Å². The molecule has 7 nitrogen and oxygen atoms in total. The zero-order valence-corrected chi connectivity index (χ0v) is 17.1. The Labute approximate surface area is 177 Å². The second-order valence-corrected chi connectivity index (χ2v) is 7.35. The highest BCUT2D eigenvalue weighted by Crippen LogP contribution is 2.34. The largest absolute Gasteiger partial charge is 0.493 e. The van der Waals surface area contributed by atoms with E-state index in [9.17, 15) is 9.18 Å². The molecule has 0 aliphatic carbocycles. The molecule has 1 fully saturated rings. The summed E-state index contributed by atoms with van der Waals surface area (Å²) in [7, 11) is 3.11. The lowest BCUT2D eigenvalue weighted by Gasteiger charge is -2.17. The number of likely N-dealkylation sites (tertiary alicyclic amines) is 1. The number of methoxy groups -OCH3 is 2. The number of rotatable bonds is 6. The number of halogens is 2. The number of carbonyl (C=O) groups excluding carboxylic acids is 1. The highest BCUT2D eigenvalue weighted by atomic mass is 35.5. The molecule has 4 rings (SSSR count). The Bertz CT molecular complexity index is 1090. The number of hydrogen-bond donors (Lipinski definition) is 0. The van der Waals surface area contributed by atoms with Crippen molar-refractivity contribution in [2.45, 2.75) is 18.9 Å². The summed E-state index contributed by atoms with van der Waals surface area (Å²) in [5.74, 6) is 1.28. The van der Waals surface area contributed by atoms with Crippen LogP contribution in [0.5, 0.6) is 11.5 Å². The van der Waals surface area contributed by atoms with Crippen LogP contribution in [0.4, 0.5) is 4.39 Å². The number of amides is 1. The molecule has 1 aliphatic rings. The fourth-order valence-corrected chi connectivity index (χ4v) is 3.67. The molecule has 1 atom stereocenters. The van der Waals surface area contributed by atoms with Gasteiger partial charge in [0.25, 0.3) is 5.89 Å². The van der Waals surface area contributed by atoms with Gasteiger partial charge in [-0.25, -0.2) is 4.39 Å². The zero-order valence-electron chi connectivity index (χ0n) is 16.4. The Balaban J connectivity index is 1.49. The van der Waals surface area contributed by atoms with Gasteiger partial charge in [0.05, 0.1) is 14.2 Å². The summed E-state index contributed by atoms with van der Waals surface area (Å²) in [5.41, 5.74) is 1.37. The van der Waals surface area contributed by atoms with Crippen molar-refractivity contribution in [3.8, 4) is 23.0 Å². The number of carbonyl (C=O) groups is 1. The Morgan fingerprint density at radius 3 is 2.73 bits per heavy atom. The summed E-state index contributed by atoms with van der Waals surface area (Å²) in [6.45, 7) is 0.728. The lowest BCUT2D eigenvalue weighted by Crippen LogP contribution is -2.24. The monoisotopic (exact) mass is 431 g/mol. The topological polar surface area (TPSA) is 77.7 Å². The van der Waals surface area contributed by atoms with E-state index in [1.54, 1.807) is 43.4 Å². The van der Waals surface area contributed by atoms with Crippen LogP contribution in [0.15, 0.2) is 40.9 Å². The SMILES string of the molecule is COc1ccc(-c2nc(C3CC(=O)N(Cc4ccc(F)cc4Cl)C3)no2)cc1OC. The van der Waals surface area contributed by atoms with Crippen molar-refractivity contribution in [3.05, 3.63) is 58.6 Å². The van der Waals surface area contributed by atoms with Crippen LogP contribution < -0.4 is 9.47 Å². The van der Waals surface area contributed by atoms with Crippen LogP contribution in [0.3, 0.4) is 0 Å². The molecule has 0 N–H and O–H groups in total. The minimum absolute atomic E-state index is 0.0436. The van der Waals surface area contributed by atoms with E-state index in [-0.39, 0.29) is 18.2 Å². The molecule has 1 amide bonds. The van der Waals surface area contributed by atoms with Crippen molar-refractivity contribution in [2.24, 2.45) is 0 Å². The van der Waals surface area contributed by atoms with Gasteiger partial charge in [0, 0.05) is 36.0 Å². The van der Waals surface area contributed by atoms with E-state index >= 15 is 0 Å². The molecule has 1 unspecified atom stereocenters. The Morgan fingerprint density at radius 2 is 2.00 bits per heavy atom. The maximum Gasteiger partial charge on any atom is 0.258 e. The van der Waals surface area contributed by atoms with Gasteiger partial charge in [-0.3, -0.25) is 4.79 Å². The lowest BCUT2D eigenvalue weighted by atomic mass is 10.1. The van der Waals surface area contributed by atoms with Gasteiger partial charge in [-0.15, -0.1) is 0 Å². The maximum atomic E-state index is 13.2. The lowest BCUT2D eigenvalue weighted by molar-refractivity contribution is -0.128. The second kappa shape index (κ2) is 8.31. The quantitative estimate of drug-likeness (QED) is 0.585. The average molecular weight is 432 g/mol. The first kappa shape index (κ1) is 20.2. The van der Waals surface area contributed by atoms with Crippen LogP contribution in [-0.4, -0.2) is 41.7 Å². The van der Waals surface area contributed by atoms with E-state index in [0.717, 1.165) is 0 Å². The molecular formula is C21H19ClFN3O4. The molecule has 30 heavy (non-hydrogen) atoms. The molecule has 3 aromatic rings. The van der Waals surface area contributed by atoms with Gasteiger partial charge in [0.1, 0.15) is 5.82 Å². The number of ether oxygens (including phenoxy) is 2. The van der Waals surface area contributed by atoms with Crippen molar-refractivity contribution in [3.63, 3.8) is 0 Å². The zero-order chi connectivity index (χ0) is 21.3. The minimum Gasteiger partial charge on any atom is -0.493 e. The third-order valence-corrected chi connectivity index (χ3v) is 5.38. The summed E-state index contributed by atoms with van der Waals surface area (Å²) in [6.07, 6.45) is 0.268. The molecule has 156 valence electrons. The van der Waals surface area contributed by atoms with Crippen LogP contribution in [-0.2, 0) is 11.3 Å². The van der Waals surface area contributed by atoms with Crippen molar-refractivity contribution in [1.29, 1.82) is 0 Å². The molecule has 2 aromatic carbocycles. The first-order valence-electron chi connectivity index (χ1n) is 9.26. The van der Waals surface area contributed by atoms with Crippen molar-refractivity contribution in [2.75, 3.05) is 20.8 Å². The number of nitrogens with zero attached hydrogens (tertiary/aromatic N) is 3. The summed E-state index contributed by atoms with van der Waals surface area (Å²) in [6, 6.07) is 9.45. The van der Waals surface area contributed by atoms with Gasteiger partial charge in [-0.05, 0) is 35.9 Å². The summed E-state index contributed by atoms with van der Waals surface area (Å²) in [4.78, 5) is 18.6. The first-order valence-corrected chi connectivity index (χ1v) is 9.64. The molecule has 1 aromatic heterocycles. The summed E-state index contributed by atoms with van der Waals surface area (Å²) in [5, 5.41) is 4.36. The third-order valence-electron chi connectivity index (χ3n) is 5.03. The van der Waals surface area contributed by atoms with Crippen molar-refractivity contribution < 1.29 is 23.2 Å². The second-order valence-electron chi connectivity index (χ2n) is 6.94. The number of benzene rings is 2. The summed E-state index contributed by atoms with van der Waals surface area (Å²) < 4.78 is 29.2. The Hall–Kier alpha value is -3.13. The van der Waals surface area contributed by atoms with Gasteiger partial charge in [0.2, 0.25) is 5.91 Å². The molecule has 0 radical (unpaired) electrons. The number of hydrogen-bond acceptors (Lipinski definition) is 6. The van der Waals surface area contributed by atoms with Crippen molar-refractivity contribution in [1.82, 2.24) is 15.0 Å². The van der Waals surface area contributed by atoms with E-state index in [2.05, 4.69) is 10.1 Å². The minimum atomic E-state index is -0.413. The standard InChI is InChI=1S/C21H19ClFN3O4/c1-28-17-6-4-12(7-18(17)29-2)21-24-20(25-30-21)14-8-19(27)26(11-14)10-13-3-5-15(23)9-16(13)22/h3-7,9,14H,8,10-11H2,1-2H3. The Morgan fingerprint density at radius 1 is 1.20 bits per heavy atom. The molecule has 0 spiro atoms. The molecule has 9 heteroatoms. The molecular weight excluding hydrogens is 413 g/mol. The van der Waals surface area contributed by atoms with E-state index in [1.807, 2.05) is 0 Å². The molecule has 2 heterocycles. The van der Waals surface area contributed by atoms with Gasteiger partial charge >= 0.3 is 0 Å². The number of aromatic nitrogens is 2. The third kappa shape index (κ3) is 3.95. The van der Waals surface area contributed by atoms with E-state index < -0.39 is 5.82 Å². The van der Waals surface area contributed by atoms with E-state index in [0.29, 0.717) is 52.5 Å².